The van der Waals surface area contributed by atoms with E-state index < -0.39 is 6.29 Å². The number of carbonyl (C=O) groups excluding carboxylic acids is 2. The van der Waals surface area contributed by atoms with Gasteiger partial charge in [0.25, 0.3) is 11.8 Å². The minimum atomic E-state index is -0.721. The van der Waals surface area contributed by atoms with Gasteiger partial charge in [-0.2, -0.15) is 5.10 Å². The summed E-state index contributed by atoms with van der Waals surface area (Å²) in [5, 5.41) is 16.9. The molecule has 1 aromatic heterocycles. The molecule has 3 atom stereocenters. The molecule has 3 unspecified atom stereocenters. The van der Waals surface area contributed by atoms with Crippen LogP contribution in [0.4, 0.5) is 5.69 Å². The van der Waals surface area contributed by atoms with Gasteiger partial charge in [0, 0.05) is 17.7 Å². The minimum absolute atomic E-state index is 0.0292. The smallest absolute Gasteiger partial charge is 0.266 e. The second-order valence-corrected chi connectivity index (χ2v) is 10.0. The van der Waals surface area contributed by atoms with E-state index in [1.165, 1.54) is 23.0 Å². The molecule has 0 spiro atoms. The van der Waals surface area contributed by atoms with Gasteiger partial charge in [-0.05, 0) is 35.4 Å². The van der Waals surface area contributed by atoms with E-state index in [9.17, 15) is 14.7 Å². The molecule has 2 N–H and O–H groups in total. The molecule has 0 aliphatic carbocycles. The van der Waals surface area contributed by atoms with E-state index in [1.807, 2.05) is 30.3 Å². The van der Waals surface area contributed by atoms with Crippen molar-refractivity contribution in [2.45, 2.75) is 36.7 Å². The van der Waals surface area contributed by atoms with E-state index in [4.69, 9.17) is 9.47 Å². The number of nitrogens with one attached hydrogen (secondary N) is 1. The third-order valence-electron chi connectivity index (χ3n) is 6.61. The Kier molecular flexibility index (Phi) is 6.77. The summed E-state index contributed by atoms with van der Waals surface area (Å²) in [5.41, 5.74) is 3.74. The summed E-state index contributed by atoms with van der Waals surface area (Å²) in [7, 11) is 0. The van der Waals surface area contributed by atoms with Gasteiger partial charge >= 0.3 is 0 Å². The van der Waals surface area contributed by atoms with Gasteiger partial charge in [0.05, 0.1) is 35.6 Å². The number of hydrogen-bond acceptors (Lipinski definition) is 8. The average molecular weight is 529 g/mol. The van der Waals surface area contributed by atoms with E-state index in [2.05, 4.69) is 15.2 Å². The van der Waals surface area contributed by atoms with Crippen LogP contribution < -0.4 is 4.90 Å². The van der Waals surface area contributed by atoms with Crippen LogP contribution in [0.15, 0.2) is 84.3 Å². The second kappa shape index (κ2) is 10.5. The Morgan fingerprint density at radius 1 is 0.947 bits per heavy atom. The number of carbonyl (C=O) groups is 2. The zero-order valence-electron chi connectivity index (χ0n) is 20.2. The molecular weight excluding hydrogens is 504 g/mol. The lowest BCUT2D eigenvalue weighted by Gasteiger charge is -2.36. The summed E-state index contributed by atoms with van der Waals surface area (Å²) in [4.78, 5) is 31.5. The van der Waals surface area contributed by atoms with Gasteiger partial charge in [-0.1, -0.05) is 60.3 Å². The normalized spacial score (nSPS) is 21.1. The maximum atomic E-state index is 13.0. The van der Waals surface area contributed by atoms with Crippen LogP contribution in [0.2, 0.25) is 0 Å². The fraction of sp³-hybridized carbons (Fsp3) is 0.214. The molecule has 2 amide bonds. The summed E-state index contributed by atoms with van der Waals surface area (Å²) in [6.07, 6.45) is 0.932. The number of rotatable bonds is 7. The predicted octanol–water partition coefficient (Wildman–Crippen LogP) is 4.44. The Morgan fingerprint density at radius 2 is 1.71 bits per heavy atom. The summed E-state index contributed by atoms with van der Waals surface area (Å²) < 4.78 is 12.8. The zero-order chi connectivity index (χ0) is 26.1. The number of benzene rings is 3. The van der Waals surface area contributed by atoms with Crippen LogP contribution in [-0.4, -0.2) is 44.0 Å². The van der Waals surface area contributed by atoms with Crippen LogP contribution in [0.3, 0.4) is 0 Å². The number of amides is 2. The number of nitrogens with zero attached hydrogens (tertiary/aromatic N) is 3. The van der Waals surface area contributed by atoms with E-state index >= 15 is 0 Å². The van der Waals surface area contributed by atoms with Crippen molar-refractivity contribution in [2.24, 2.45) is 0 Å². The Morgan fingerprint density at radius 3 is 2.39 bits per heavy atom. The van der Waals surface area contributed by atoms with Crippen LogP contribution in [0.25, 0.3) is 0 Å². The molecule has 2 aliphatic rings. The third-order valence-corrected chi connectivity index (χ3v) is 7.62. The van der Waals surface area contributed by atoms with Crippen molar-refractivity contribution >= 4 is 29.3 Å². The number of anilines is 1. The molecule has 3 heterocycles. The Labute approximate surface area is 222 Å². The molecule has 1 saturated heterocycles. The fourth-order valence-electron chi connectivity index (χ4n) is 4.69. The number of aromatic amines is 1. The molecule has 4 aromatic rings. The van der Waals surface area contributed by atoms with Crippen LogP contribution in [-0.2, 0) is 16.1 Å². The molecule has 1 fully saturated rings. The summed E-state index contributed by atoms with van der Waals surface area (Å²) in [6, 6.07) is 21.6. The van der Waals surface area contributed by atoms with Crippen LogP contribution >= 0.6 is 11.8 Å². The number of aromatic nitrogens is 3. The fourth-order valence-corrected chi connectivity index (χ4v) is 5.49. The second-order valence-electron chi connectivity index (χ2n) is 9.04. The highest BCUT2D eigenvalue weighted by Crippen LogP contribution is 2.40. The topological polar surface area (TPSA) is 118 Å². The molecule has 10 heteroatoms. The maximum Gasteiger partial charge on any atom is 0.266 e. The number of ether oxygens (including phenoxy) is 2. The molecule has 6 rings (SSSR count). The highest BCUT2D eigenvalue weighted by atomic mass is 32.2. The molecule has 2 aliphatic heterocycles. The SMILES string of the molecule is O=C1c2ccccc2C(=O)N1c1cccc(C2OC(CSc3ncn[nH]3)CC(c3ccc(CO)cc3)O2)c1. The number of aliphatic hydroxyl groups is 1. The Balaban J connectivity index is 1.27. The third kappa shape index (κ3) is 4.74. The first-order valence-electron chi connectivity index (χ1n) is 12.2. The van der Waals surface area contributed by atoms with Crippen molar-refractivity contribution in [3.63, 3.8) is 0 Å². The monoisotopic (exact) mass is 528 g/mol. The van der Waals surface area contributed by atoms with Crippen LogP contribution in [0.5, 0.6) is 0 Å². The van der Waals surface area contributed by atoms with Gasteiger partial charge in [0.2, 0.25) is 0 Å². The van der Waals surface area contributed by atoms with Crippen molar-refractivity contribution in [1.82, 2.24) is 15.2 Å². The first kappa shape index (κ1) is 24.5. The van der Waals surface area contributed by atoms with Crippen molar-refractivity contribution < 1.29 is 24.2 Å². The number of imide groups is 1. The van der Waals surface area contributed by atoms with Gasteiger partial charge in [-0.15, -0.1) is 0 Å². The van der Waals surface area contributed by atoms with Crippen LogP contribution in [0, 0.1) is 0 Å². The molecule has 0 bridgehead atoms. The molecule has 38 heavy (non-hydrogen) atoms. The lowest BCUT2D eigenvalue weighted by Crippen LogP contribution is -2.32. The van der Waals surface area contributed by atoms with Crippen molar-refractivity contribution in [3.05, 3.63) is 107 Å². The maximum absolute atomic E-state index is 13.0. The molecule has 9 nitrogen and oxygen atoms in total. The van der Waals surface area contributed by atoms with Gasteiger partial charge in [-0.25, -0.2) is 9.88 Å². The largest absolute Gasteiger partial charge is 0.392 e. The van der Waals surface area contributed by atoms with Crippen molar-refractivity contribution in [3.8, 4) is 0 Å². The van der Waals surface area contributed by atoms with E-state index in [0.717, 1.165) is 11.1 Å². The summed E-state index contributed by atoms with van der Waals surface area (Å²) in [6.45, 7) is -0.0292. The number of H-pyrrole nitrogens is 1. The standard InChI is InChI=1S/C28H24N4O5S/c33-14-17-8-10-18(11-9-17)24-13-21(15-38-28-29-16-30-31-28)36-27(37-24)19-4-3-5-20(12-19)32-25(34)22-6-1-2-7-23(22)26(32)35/h1-12,16,21,24,27,33H,13-15H2,(H,29,30,31). The average Bonchev–Trinajstić information content (AvgIpc) is 3.58. The van der Waals surface area contributed by atoms with Crippen molar-refractivity contribution in [2.75, 3.05) is 10.7 Å². The highest BCUT2D eigenvalue weighted by molar-refractivity contribution is 7.99. The Bertz CT molecular complexity index is 1430. The molecule has 0 radical (unpaired) electrons. The van der Waals surface area contributed by atoms with E-state index in [-0.39, 0.29) is 30.6 Å². The lowest BCUT2D eigenvalue weighted by molar-refractivity contribution is -0.245. The number of aliphatic hydroxyl groups excluding tert-OH is 1. The lowest BCUT2D eigenvalue weighted by atomic mass is 10.0. The van der Waals surface area contributed by atoms with E-state index in [0.29, 0.717) is 39.7 Å². The van der Waals surface area contributed by atoms with Crippen molar-refractivity contribution in [1.29, 1.82) is 0 Å². The Hall–Kier alpha value is -3.83. The quantitative estimate of drug-likeness (QED) is 0.267. The highest BCUT2D eigenvalue weighted by Gasteiger charge is 2.37. The van der Waals surface area contributed by atoms with Gasteiger partial charge in [0.1, 0.15) is 6.33 Å². The first-order valence-corrected chi connectivity index (χ1v) is 13.2. The number of hydrogen-bond donors (Lipinski definition) is 2. The molecule has 192 valence electrons. The predicted molar refractivity (Wildman–Crippen MR) is 140 cm³/mol. The first-order chi connectivity index (χ1) is 18.6. The summed E-state index contributed by atoms with van der Waals surface area (Å²) >= 11 is 1.51. The zero-order valence-corrected chi connectivity index (χ0v) is 21.0. The number of fused-ring (bicyclic) bond motifs is 1. The van der Waals surface area contributed by atoms with Gasteiger partial charge < -0.3 is 14.6 Å². The summed E-state index contributed by atoms with van der Waals surface area (Å²) in [5.74, 6) is -0.0777. The van der Waals surface area contributed by atoms with Crippen LogP contribution in [0.1, 0.15) is 56.2 Å². The number of thioether (sulfide) groups is 1. The van der Waals surface area contributed by atoms with E-state index in [1.54, 1.807) is 42.5 Å². The van der Waals surface area contributed by atoms with Gasteiger partial charge in [-0.3, -0.25) is 14.7 Å². The molecular formula is C28H24N4O5S. The minimum Gasteiger partial charge on any atom is -0.392 e. The molecule has 3 aromatic carbocycles. The van der Waals surface area contributed by atoms with Gasteiger partial charge in [0.15, 0.2) is 11.4 Å². The molecule has 0 saturated carbocycles.